The molecule has 36 heavy (non-hydrogen) atoms. The Kier molecular flexibility index (Phi) is 6.86. The molecule has 2 N–H and O–H groups in total. The van der Waals surface area contributed by atoms with Crippen molar-refractivity contribution in [2.45, 2.75) is 65.3 Å². The molecule has 1 saturated heterocycles. The summed E-state index contributed by atoms with van der Waals surface area (Å²) in [6, 6.07) is 2.27. The molecule has 1 saturated carbocycles. The highest BCUT2D eigenvalue weighted by Gasteiger charge is 2.40. The lowest BCUT2D eigenvalue weighted by Gasteiger charge is -2.42. The average molecular weight is 539 g/mol. The van der Waals surface area contributed by atoms with Crippen molar-refractivity contribution in [1.82, 2.24) is 15.0 Å². The molecule has 0 aromatic carbocycles. The van der Waals surface area contributed by atoms with Gasteiger partial charge >= 0.3 is 5.51 Å². The van der Waals surface area contributed by atoms with Crippen molar-refractivity contribution in [3.8, 4) is 6.07 Å². The van der Waals surface area contributed by atoms with E-state index in [0.29, 0.717) is 65.9 Å². The smallest absolute Gasteiger partial charge is 0.394 e. The maximum Gasteiger partial charge on any atom is 0.446 e. The van der Waals surface area contributed by atoms with Gasteiger partial charge in [0.1, 0.15) is 23.3 Å². The van der Waals surface area contributed by atoms with Crippen molar-refractivity contribution < 1.29 is 22.5 Å². The fraction of sp³-hybridized carbons (Fsp3) is 0.565. The number of aliphatic hydroxyl groups is 1. The normalized spacial score (nSPS) is 21.5. The van der Waals surface area contributed by atoms with Gasteiger partial charge in [-0.2, -0.15) is 18.4 Å². The number of pyridine rings is 1. The molecule has 3 aliphatic rings. The van der Waals surface area contributed by atoms with E-state index in [2.05, 4.69) is 21.4 Å². The van der Waals surface area contributed by atoms with Crippen LogP contribution in [0.2, 0.25) is 0 Å². The van der Waals surface area contributed by atoms with E-state index in [-0.39, 0.29) is 29.2 Å². The Morgan fingerprint density at radius 2 is 1.97 bits per heavy atom. The van der Waals surface area contributed by atoms with Crippen LogP contribution in [0.15, 0.2) is 22.2 Å². The molecule has 8 nitrogen and oxygen atoms in total. The minimum atomic E-state index is -4.38. The van der Waals surface area contributed by atoms with Crippen LogP contribution in [-0.4, -0.2) is 60.8 Å². The van der Waals surface area contributed by atoms with Gasteiger partial charge in [0, 0.05) is 43.6 Å². The molecule has 2 fully saturated rings. The lowest BCUT2D eigenvalue weighted by molar-refractivity contribution is -0.0328. The number of nitrogens with zero attached hydrogens (tertiary/aromatic N) is 5. The number of nitriles is 1. The molecule has 0 bridgehead atoms. The number of hydrogen-bond acceptors (Lipinski definition) is 9. The maximum absolute atomic E-state index is 12.8. The van der Waals surface area contributed by atoms with Gasteiger partial charge in [-0.25, -0.2) is 15.0 Å². The Morgan fingerprint density at radius 1 is 1.28 bits per heavy atom. The van der Waals surface area contributed by atoms with Gasteiger partial charge in [-0.3, -0.25) is 4.21 Å². The molecule has 2 aliphatic heterocycles. The summed E-state index contributed by atoms with van der Waals surface area (Å²) < 4.78 is 50.5. The molecule has 192 valence electrons. The summed E-state index contributed by atoms with van der Waals surface area (Å²) in [6.07, 6.45) is 6.82. The first-order valence-electron chi connectivity index (χ1n) is 11.8. The molecule has 13 heteroatoms. The summed E-state index contributed by atoms with van der Waals surface area (Å²) in [5, 5.41) is 23.5. The SMILES string of the molecule is N#Cc1c(N2CCC(c3ncc(SC(F)(F)F)cn3)CC2)nc2c(c1NC1(CO)CCC1)S(=O)CC2. The summed E-state index contributed by atoms with van der Waals surface area (Å²) in [7, 11) is -1.25. The predicted octanol–water partition coefficient (Wildman–Crippen LogP) is 3.73. The third-order valence-corrected chi connectivity index (χ3v) is 9.26. The number of fused-ring (bicyclic) bond motifs is 1. The zero-order chi connectivity index (χ0) is 25.5. The number of thioether (sulfide) groups is 1. The van der Waals surface area contributed by atoms with Crippen molar-refractivity contribution in [3.63, 3.8) is 0 Å². The maximum atomic E-state index is 12.8. The Balaban J connectivity index is 1.37. The second-order valence-electron chi connectivity index (χ2n) is 9.38. The van der Waals surface area contributed by atoms with E-state index >= 15 is 0 Å². The molecule has 0 radical (unpaired) electrons. The number of alkyl halides is 3. The number of aromatic nitrogens is 3. The van der Waals surface area contributed by atoms with Gasteiger partial charge < -0.3 is 15.3 Å². The van der Waals surface area contributed by atoms with Crippen LogP contribution in [-0.2, 0) is 17.2 Å². The molecule has 4 heterocycles. The number of rotatable bonds is 6. The second kappa shape index (κ2) is 9.79. The van der Waals surface area contributed by atoms with Crippen LogP contribution in [0.3, 0.4) is 0 Å². The van der Waals surface area contributed by atoms with Gasteiger partial charge in [-0.1, -0.05) is 0 Å². The quantitative estimate of drug-likeness (QED) is 0.531. The number of hydrogen-bond donors (Lipinski definition) is 2. The molecule has 0 spiro atoms. The third-order valence-electron chi connectivity index (χ3n) is 7.11. The fourth-order valence-electron chi connectivity index (χ4n) is 5.03. The van der Waals surface area contributed by atoms with Crippen molar-refractivity contribution in [1.29, 1.82) is 5.26 Å². The monoisotopic (exact) mass is 538 g/mol. The Labute approximate surface area is 213 Å². The number of piperidine rings is 1. The second-order valence-corrected chi connectivity index (χ2v) is 12.0. The Bertz CT molecular complexity index is 1200. The van der Waals surface area contributed by atoms with Crippen LogP contribution in [0.5, 0.6) is 0 Å². The standard InChI is InChI=1S/C23H25F3N6O2S2/c24-23(25,26)35-15-11-28-20(29-12-15)14-2-7-32(8-3-14)21-16(10-27)18(31-22(13-33)5-1-6-22)19-17(30-21)4-9-36(19)34/h11-12,14,33H,1-9,13H2,(H,30,31). The van der Waals surface area contributed by atoms with Gasteiger partial charge in [0.05, 0.1) is 44.1 Å². The topological polar surface area (TPSA) is 115 Å². The first-order valence-corrected chi connectivity index (χ1v) is 13.9. The first kappa shape index (κ1) is 25.2. The molecular weight excluding hydrogens is 513 g/mol. The number of anilines is 2. The average Bonchev–Trinajstić information content (AvgIpc) is 3.21. The molecule has 1 unspecified atom stereocenters. The molecule has 1 aliphatic carbocycles. The summed E-state index contributed by atoms with van der Waals surface area (Å²) in [5.74, 6) is 1.50. The molecular formula is C23H25F3N6O2S2. The van der Waals surface area contributed by atoms with E-state index in [1.54, 1.807) is 0 Å². The van der Waals surface area contributed by atoms with E-state index < -0.39 is 21.8 Å². The first-order chi connectivity index (χ1) is 17.2. The van der Waals surface area contributed by atoms with Crippen LogP contribution in [0, 0.1) is 11.3 Å². The summed E-state index contributed by atoms with van der Waals surface area (Å²) in [6.45, 7) is 1.07. The van der Waals surface area contributed by atoms with E-state index in [0.717, 1.165) is 25.0 Å². The lowest BCUT2D eigenvalue weighted by Crippen LogP contribution is -2.48. The summed E-state index contributed by atoms with van der Waals surface area (Å²) in [4.78, 5) is 15.7. The summed E-state index contributed by atoms with van der Waals surface area (Å²) in [5.41, 5.74) is -3.29. The highest BCUT2D eigenvalue weighted by atomic mass is 32.2. The van der Waals surface area contributed by atoms with Crippen molar-refractivity contribution >= 4 is 34.1 Å². The number of nitrogens with one attached hydrogen (secondary N) is 1. The minimum Gasteiger partial charge on any atom is -0.394 e. The van der Waals surface area contributed by atoms with E-state index in [1.807, 2.05) is 4.90 Å². The minimum absolute atomic E-state index is 0.0103. The van der Waals surface area contributed by atoms with Crippen LogP contribution >= 0.6 is 11.8 Å². The predicted molar refractivity (Wildman–Crippen MR) is 129 cm³/mol. The van der Waals surface area contributed by atoms with Gasteiger partial charge in [-0.15, -0.1) is 0 Å². The molecule has 5 rings (SSSR count). The van der Waals surface area contributed by atoms with Crippen molar-refractivity contribution in [2.24, 2.45) is 0 Å². The zero-order valence-corrected chi connectivity index (χ0v) is 21.0. The third kappa shape index (κ3) is 4.90. The molecule has 0 amide bonds. The molecule has 1 atom stereocenters. The van der Waals surface area contributed by atoms with Gasteiger partial charge in [0.2, 0.25) is 0 Å². The number of halogens is 3. The Hall–Kier alpha value is -2.43. The van der Waals surface area contributed by atoms with Crippen LogP contribution < -0.4 is 10.2 Å². The van der Waals surface area contributed by atoms with Gasteiger partial charge in [-0.05, 0) is 43.9 Å². The van der Waals surface area contributed by atoms with E-state index in [9.17, 15) is 27.7 Å². The molecule has 2 aromatic rings. The molecule has 2 aromatic heterocycles. The Morgan fingerprint density at radius 3 is 2.53 bits per heavy atom. The van der Waals surface area contributed by atoms with Crippen LogP contribution in [0.25, 0.3) is 0 Å². The fourth-order valence-corrected chi connectivity index (χ4v) is 6.88. The van der Waals surface area contributed by atoms with Gasteiger partial charge in [0.25, 0.3) is 0 Å². The zero-order valence-electron chi connectivity index (χ0n) is 19.3. The lowest BCUT2D eigenvalue weighted by atomic mass is 9.77. The largest absolute Gasteiger partial charge is 0.446 e. The van der Waals surface area contributed by atoms with E-state index in [1.165, 1.54) is 12.4 Å². The summed E-state index contributed by atoms with van der Waals surface area (Å²) >= 11 is -0.235. The highest BCUT2D eigenvalue weighted by molar-refractivity contribution is 8.00. The van der Waals surface area contributed by atoms with E-state index in [4.69, 9.17) is 4.98 Å². The van der Waals surface area contributed by atoms with Crippen molar-refractivity contribution in [2.75, 3.05) is 35.7 Å². The highest BCUT2D eigenvalue weighted by Crippen LogP contribution is 2.43. The van der Waals surface area contributed by atoms with Crippen molar-refractivity contribution in [3.05, 3.63) is 29.5 Å². The number of aliphatic hydroxyl groups excluding tert-OH is 1. The number of aryl methyl sites for hydroxylation is 1. The van der Waals surface area contributed by atoms with Gasteiger partial charge in [0.15, 0.2) is 0 Å². The van der Waals surface area contributed by atoms with Crippen LogP contribution in [0.1, 0.15) is 55.1 Å². The van der Waals surface area contributed by atoms with Crippen LogP contribution in [0.4, 0.5) is 24.7 Å².